The number of nitriles is 1. The highest BCUT2D eigenvalue weighted by molar-refractivity contribution is 7.07. The van der Waals surface area contributed by atoms with E-state index >= 15 is 0 Å². The van der Waals surface area contributed by atoms with Crippen molar-refractivity contribution in [1.82, 2.24) is 0 Å². The van der Waals surface area contributed by atoms with Gasteiger partial charge < -0.3 is 0 Å². The van der Waals surface area contributed by atoms with Gasteiger partial charge in [0.2, 0.25) is 22.4 Å². The van der Waals surface area contributed by atoms with Crippen molar-refractivity contribution in [1.29, 1.82) is 5.26 Å². The number of benzene rings is 1. The first-order valence-electron chi connectivity index (χ1n) is 5.30. The summed E-state index contributed by atoms with van der Waals surface area (Å²) in [6.45, 7) is 0. The monoisotopic (exact) mass is 271 g/mol. The molecule has 0 aliphatic heterocycles. The third kappa shape index (κ3) is 2.04. The first-order valence-corrected chi connectivity index (χ1v) is 7.18. The van der Waals surface area contributed by atoms with E-state index in [1.54, 1.807) is 22.7 Å². The molecule has 0 saturated heterocycles. The van der Waals surface area contributed by atoms with Gasteiger partial charge in [0.05, 0.1) is 28.5 Å². The Morgan fingerprint density at radius 2 is 1.44 bits per heavy atom. The van der Waals surface area contributed by atoms with Crippen LogP contribution in [-0.4, -0.2) is 0 Å². The van der Waals surface area contributed by atoms with Crippen molar-refractivity contribution in [2.75, 3.05) is 0 Å². The second-order valence-corrected chi connectivity index (χ2v) is 5.23. The SMILES string of the molecule is N#Cc1cc(-[n+]2ccsc2)cc(-[n+]2ccsc2)c1. The van der Waals surface area contributed by atoms with Crippen LogP contribution in [0.4, 0.5) is 0 Å². The van der Waals surface area contributed by atoms with Gasteiger partial charge in [0, 0.05) is 12.1 Å². The second-order valence-electron chi connectivity index (χ2n) is 3.72. The summed E-state index contributed by atoms with van der Waals surface area (Å²) >= 11 is 3.25. The van der Waals surface area contributed by atoms with Crippen LogP contribution in [0, 0.1) is 11.3 Å². The number of rotatable bonds is 2. The molecular formula is C13H9N3S2+2. The number of thiazole rings is 2. The molecule has 3 rings (SSSR count). The molecule has 0 saturated carbocycles. The number of hydrogen-bond acceptors (Lipinski definition) is 3. The van der Waals surface area contributed by atoms with Crippen molar-refractivity contribution in [3.8, 4) is 17.4 Å². The lowest BCUT2D eigenvalue weighted by atomic mass is 10.2. The van der Waals surface area contributed by atoms with Gasteiger partial charge in [0.1, 0.15) is 0 Å². The quantitative estimate of drug-likeness (QED) is 0.658. The molecule has 86 valence electrons. The Kier molecular flexibility index (Phi) is 2.89. The zero-order valence-corrected chi connectivity index (χ0v) is 11.0. The summed E-state index contributed by atoms with van der Waals surface area (Å²) in [6, 6.07) is 8.07. The molecule has 3 nitrogen and oxygen atoms in total. The Morgan fingerprint density at radius 1 is 0.889 bits per heavy atom. The van der Waals surface area contributed by atoms with Gasteiger partial charge >= 0.3 is 0 Å². The third-order valence-electron chi connectivity index (χ3n) is 2.58. The van der Waals surface area contributed by atoms with Gasteiger partial charge in [-0.25, -0.2) is 0 Å². The minimum absolute atomic E-state index is 0.667. The van der Waals surface area contributed by atoms with Gasteiger partial charge in [-0.1, -0.05) is 22.7 Å². The lowest BCUT2D eigenvalue weighted by Crippen LogP contribution is -2.31. The summed E-state index contributed by atoms with van der Waals surface area (Å²) < 4.78 is 4.03. The van der Waals surface area contributed by atoms with Crippen LogP contribution in [0.15, 0.2) is 52.4 Å². The number of hydrogen-bond donors (Lipinski definition) is 0. The Balaban J connectivity index is 2.17. The first kappa shape index (κ1) is 11.1. The predicted molar refractivity (Wildman–Crippen MR) is 70.0 cm³/mol. The normalized spacial score (nSPS) is 10.2. The van der Waals surface area contributed by atoms with E-state index in [9.17, 15) is 0 Å². The average molecular weight is 271 g/mol. The molecule has 0 atom stereocenters. The lowest BCUT2D eigenvalue weighted by Gasteiger charge is -1.95. The highest BCUT2D eigenvalue weighted by Crippen LogP contribution is 2.11. The molecule has 0 aliphatic rings. The molecule has 18 heavy (non-hydrogen) atoms. The van der Waals surface area contributed by atoms with Crippen LogP contribution in [0.1, 0.15) is 5.56 Å². The topological polar surface area (TPSA) is 31.5 Å². The maximum Gasteiger partial charge on any atom is 0.230 e. The van der Waals surface area contributed by atoms with E-state index in [4.69, 9.17) is 5.26 Å². The summed E-state index contributed by atoms with van der Waals surface area (Å²) in [4.78, 5) is 0. The molecule has 0 spiro atoms. The van der Waals surface area contributed by atoms with Gasteiger partial charge in [0.15, 0.2) is 12.4 Å². The molecule has 0 radical (unpaired) electrons. The number of aromatic nitrogens is 2. The summed E-state index contributed by atoms with van der Waals surface area (Å²) in [5.74, 6) is 0. The smallest absolute Gasteiger partial charge is 0.192 e. The van der Waals surface area contributed by atoms with E-state index in [0.717, 1.165) is 11.4 Å². The fourth-order valence-electron chi connectivity index (χ4n) is 1.72. The Hall–Kier alpha value is -2.03. The van der Waals surface area contributed by atoms with E-state index in [1.807, 2.05) is 55.4 Å². The third-order valence-corrected chi connectivity index (χ3v) is 3.83. The standard InChI is InChI=1S/C13H9N3S2/c14-8-11-5-12(15-1-3-17-9-15)7-13(6-11)16-2-4-18-10-16/h1-7,9-10H/q+2. The van der Waals surface area contributed by atoms with E-state index in [2.05, 4.69) is 12.1 Å². The molecule has 0 aliphatic carbocycles. The van der Waals surface area contributed by atoms with Crippen molar-refractivity contribution in [3.63, 3.8) is 0 Å². The van der Waals surface area contributed by atoms with Crippen LogP contribution in [-0.2, 0) is 0 Å². The summed E-state index contributed by atoms with van der Waals surface area (Å²) in [5, 5.41) is 13.1. The van der Waals surface area contributed by atoms with Gasteiger partial charge in [-0.05, 0) is 0 Å². The van der Waals surface area contributed by atoms with E-state index in [-0.39, 0.29) is 0 Å². The lowest BCUT2D eigenvalue weighted by molar-refractivity contribution is -0.598. The van der Waals surface area contributed by atoms with Crippen LogP contribution in [0.25, 0.3) is 11.4 Å². The summed E-state index contributed by atoms with van der Waals surface area (Å²) in [7, 11) is 0. The Labute approximate surface area is 112 Å². The Bertz CT molecular complexity index is 642. The van der Waals surface area contributed by atoms with Crippen LogP contribution in [0.5, 0.6) is 0 Å². The average Bonchev–Trinajstić information content (AvgIpc) is 3.10. The molecule has 3 aromatic rings. The van der Waals surface area contributed by atoms with E-state index < -0.39 is 0 Å². The Morgan fingerprint density at radius 3 is 1.83 bits per heavy atom. The van der Waals surface area contributed by atoms with Crippen LogP contribution in [0.3, 0.4) is 0 Å². The fourth-order valence-corrected chi connectivity index (χ4v) is 2.91. The summed E-state index contributed by atoms with van der Waals surface area (Å²) in [6.07, 6.45) is 3.98. The maximum absolute atomic E-state index is 9.12. The minimum atomic E-state index is 0.667. The molecule has 0 bridgehead atoms. The van der Waals surface area contributed by atoms with Gasteiger partial charge in [0.25, 0.3) is 0 Å². The molecule has 1 aromatic carbocycles. The zero-order chi connectivity index (χ0) is 12.4. The zero-order valence-electron chi connectivity index (χ0n) is 9.35. The molecule has 0 fully saturated rings. The van der Waals surface area contributed by atoms with Crippen LogP contribution < -0.4 is 9.13 Å². The van der Waals surface area contributed by atoms with Gasteiger partial charge in [-0.3, -0.25) is 0 Å². The first-order chi connectivity index (χ1) is 8.86. The van der Waals surface area contributed by atoms with E-state index in [0.29, 0.717) is 5.56 Å². The molecular weight excluding hydrogens is 262 g/mol. The van der Waals surface area contributed by atoms with Crippen molar-refractivity contribution in [3.05, 3.63) is 57.9 Å². The van der Waals surface area contributed by atoms with Gasteiger partial charge in [-0.15, -0.1) is 0 Å². The van der Waals surface area contributed by atoms with Crippen molar-refractivity contribution in [2.45, 2.75) is 0 Å². The highest BCUT2D eigenvalue weighted by Gasteiger charge is 2.15. The molecule has 0 N–H and O–H groups in total. The highest BCUT2D eigenvalue weighted by atomic mass is 32.1. The van der Waals surface area contributed by atoms with Crippen molar-refractivity contribution < 1.29 is 9.13 Å². The molecule has 5 heteroatoms. The van der Waals surface area contributed by atoms with Crippen LogP contribution in [0.2, 0.25) is 0 Å². The molecule has 2 aromatic heterocycles. The van der Waals surface area contributed by atoms with Crippen molar-refractivity contribution >= 4 is 22.7 Å². The minimum Gasteiger partial charge on any atom is -0.192 e. The fraction of sp³-hybridized carbons (Fsp3) is 0. The predicted octanol–water partition coefficient (Wildman–Crippen LogP) is 2.23. The van der Waals surface area contributed by atoms with Crippen LogP contribution >= 0.6 is 22.7 Å². The second kappa shape index (κ2) is 4.69. The van der Waals surface area contributed by atoms with Gasteiger partial charge in [-0.2, -0.15) is 14.4 Å². The maximum atomic E-state index is 9.12. The summed E-state index contributed by atoms with van der Waals surface area (Å²) in [5.41, 5.74) is 6.70. The largest absolute Gasteiger partial charge is 0.230 e. The molecule has 2 heterocycles. The molecule has 0 amide bonds. The molecule has 0 unspecified atom stereocenters. The van der Waals surface area contributed by atoms with Crippen molar-refractivity contribution in [2.24, 2.45) is 0 Å². The van der Waals surface area contributed by atoms with E-state index in [1.165, 1.54) is 0 Å². The number of nitrogens with zero attached hydrogens (tertiary/aromatic N) is 3.